The van der Waals surface area contributed by atoms with Gasteiger partial charge in [-0.15, -0.1) is 0 Å². The maximum atomic E-state index is 14.2. The van der Waals surface area contributed by atoms with Crippen molar-refractivity contribution in [3.8, 4) is 22.4 Å². The highest BCUT2D eigenvalue weighted by atomic mass is 32.2. The minimum absolute atomic E-state index is 0.0413. The van der Waals surface area contributed by atoms with Gasteiger partial charge < -0.3 is 9.90 Å². The van der Waals surface area contributed by atoms with Crippen LogP contribution in [0.3, 0.4) is 0 Å². The smallest absolute Gasteiger partial charge is 0.433 e. The van der Waals surface area contributed by atoms with E-state index in [1.807, 2.05) is 0 Å². The molecule has 11 heteroatoms. The van der Waals surface area contributed by atoms with Crippen LogP contribution < -0.4 is 5.11 Å². The van der Waals surface area contributed by atoms with Gasteiger partial charge >= 0.3 is 6.18 Å². The van der Waals surface area contributed by atoms with Crippen molar-refractivity contribution >= 4 is 15.8 Å². The number of aliphatic carboxylic acids is 1. The zero-order valence-electron chi connectivity index (χ0n) is 16.9. The molecular formula is C21H17F4N2O4S-. The van der Waals surface area contributed by atoms with Crippen molar-refractivity contribution in [3.63, 3.8) is 0 Å². The summed E-state index contributed by atoms with van der Waals surface area (Å²) in [5.41, 5.74) is -1.94. The standard InChI is InChI=1S/C21H18F4N2O4S/c1-3-16(20(28)29)27-19(21(23,24)25)17(12-4-8-14(22)9-5-12)18(26-27)13-6-10-15(11-7-13)32(2,30)31/h4-11,16H,3H2,1-2H3,(H,28,29)/p-1. The first-order valence-electron chi connectivity index (χ1n) is 9.31. The fraction of sp³-hybridized carbons (Fsp3) is 0.238. The average molecular weight is 469 g/mol. The molecule has 1 aromatic heterocycles. The third-order valence-corrected chi connectivity index (χ3v) is 5.95. The van der Waals surface area contributed by atoms with Gasteiger partial charge in [0.15, 0.2) is 15.5 Å². The van der Waals surface area contributed by atoms with E-state index in [4.69, 9.17) is 0 Å². The van der Waals surface area contributed by atoms with Crippen LogP contribution in [0, 0.1) is 5.82 Å². The van der Waals surface area contributed by atoms with Crippen molar-refractivity contribution in [2.75, 3.05) is 6.26 Å². The van der Waals surface area contributed by atoms with Gasteiger partial charge in [-0.3, -0.25) is 4.68 Å². The maximum absolute atomic E-state index is 14.2. The minimum Gasteiger partial charge on any atom is -0.548 e. The van der Waals surface area contributed by atoms with Crippen LogP contribution in [0.5, 0.6) is 0 Å². The summed E-state index contributed by atoms with van der Waals surface area (Å²) < 4.78 is 79.7. The molecule has 6 nitrogen and oxygen atoms in total. The van der Waals surface area contributed by atoms with Crippen molar-refractivity contribution < 1.29 is 35.9 Å². The van der Waals surface area contributed by atoms with E-state index >= 15 is 0 Å². The highest BCUT2D eigenvalue weighted by Crippen LogP contribution is 2.44. The fourth-order valence-electron chi connectivity index (χ4n) is 3.32. The quantitative estimate of drug-likeness (QED) is 0.516. The molecule has 3 aromatic rings. The first kappa shape index (κ1) is 23.5. The first-order chi connectivity index (χ1) is 14.8. The summed E-state index contributed by atoms with van der Waals surface area (Å²) in [4.78, 5) is 11.5. The maximum Gasteiger partial charge on any atom is 0.433 e. The Balaban J connectivity index is 2.38. The van der Waals surface area contributed by atoms with Crippen molar-refractivity contribution in [1.82, 2.24) is 9.78 Å². The second kappa shape index (κ2) is 8.38. The van der Waals surface area contributed by atoms with Crippen LogP contribution in [-0.4, -0.2) is 30.4 Å². The van der Waals surface area contributed by atoms with Gasteiger partial charge in [0.2, 0.25) is 0 Å². The number of aromatic nitrogens is 2. The molecule has 3 rings (SSSR count). The molecule has 0 N–H and O–H groups in total. The normalized spacial score (nSPS) is 13.2. The van der Waals surface area contributed by atoms with Crippen molar-refractivity contribution in [3.05, 3.63) is 60.0 Å². The van der Waals surface area contributed by atoms with Crippen LogP contribution in [0.1, 0.15) is 25.1 Å². The van der Waals surface area contributed by atoms with Crippen molar-refractivity contribution in [2.24, 2.45) is 0 Å². The van der Waals surface area contributed by atoms with Gasteiger partial charge in [-0.05, 0) is 36.2 Å². The number of nitrogens with zero attached hydrogens (tertiary/aromatic N) is 2. The van der Waals surface area contributed by atoms with Gasteiger partial charge in [0.25, 0.3) is 0 Å². The topological polar surface area (TPSA) is 92.1 Å². The molecule has 0 aliphatic carbocycles. The van der Waals surface area contributed by atoms with Crippen molar-refractivity contribution in [2.45, 2.75) is 30.5 Å². The second-order valence-corrected chi connectivity index (χ2v) is 9.08. The SMILES string of the molecule is CCC(C(=O)[O-])n1nc(-c2ccc(S(C)(=O)=O)cc2)c(-c2ccc(F)cc2)c1C(F)(F)F. The van der Waals surface area contributed by atoms with Gasteiger partial charge in [-0.25, -0.2) is 12.8 Å². The highest BCUT2D eigenvalue weighted by Gasteiger charge is 2.42. The summed E-state index contributed by atoms with van der Waals surface area (Å²) in [7, 11) is -3.56. The lowest BCUT2D eigenvalue weighted by molar-refractivity contribution is -0.311. The minimum atomic E-state index is -5.01. The predicted molar refractivity (Wildman–Crippen MR) is 106 cm³/mol. The average Bonchev–Trinajstić information content (AvgIpc) is 3.09. The van der Waals surface area contributed by atoms with Crippen LogP contribution in [0.25, 0.3) is 22.4 Å². The zero-order valence-corrected chi connectivity index (χ0v) is 17.7. The summed E-state index contributed by atoms with van der Waals surface area (Å²) in [6.45, 7) is 1.38. The van der Waals surface area contributed by atoms with E-state index in [-0.39, 0.29) is 28.1 Å². The van der Waals surface area contributed by atoms with Crippen molar-refractivity contribution in [1.29, 1.82) is 0 Å². The van der Waals surface area contributed by atoms with Gasteiger partial charge in [0.05, 0.1) is 16.9 Å². The molecule has 0 aliphatic heterocycles. The van der Waals surface area contributed by atoms with E-state index in [0.717, 1.165) is 30.5 Å². The number of carboxylic acid groups (broad SMARTS) is 1. The number of halogens is 4. The molecule has 0 radical (unpaired) electrons. The largest absolute Gasteiger partial charge is 0.548 e. The number of rotatable bonds is 6. The van der Waals surface area contributed by atoms with Crippen LogP contribution in [0.15, 0.2) is 53.4 Å². The molecular weight excluding hydrogens is 452 g/mol. The fourth-order valence-corrected chi connectivity index (χ4v) is 3.95. The third kappa shape index (κ3) is 4.52. The number of benzene rings is 2. The lowest BCUT2D eigenvalue weighted by Crippen LogP contribution is -2.35. The Kier molecular flexibility index (Phi) is 6.14. The number of carboxylic acids is 1. The Morgan fingerprint density at radius 3 is 2.03 bits per heavy atom. The Hall–Kier alpha value is -3.21. The number of sulfone groups is 1. The van der Waals surface area contributed by atoms with Crippen LogP contribution in [-0.2, 0) is 20.8 Å². The molecule has 0 aliphatic rings. The molecule has 0 saturated heterocycles. The molecule has 2 aromatic carbocycles. The number of alkyl halides is 3. The Morgan fingerprint density at radius 2 is 1.59 bits per heavy atom. The molecule has 32 heavy (non-hydrogen) atoms. The monoisotopic (exact) mass is 469 g/mol. The summed E-state index contributed by atoms with van der Waals surface area (Å²) in [5.74, 6) is -2.42. The summed E-state index contributed by atoms with van der Waals surface area (Å²) in [6, 6.07) is 7.45. The Bertz CT molecular complexity index is 1250. The first-order valence-corrected chi connectivity index (χ1v) is 11.2. The number of hydrogen-bond donors (Lipinski definition) is 0. The number of hydrogen-bond acceptors (Lipinski definition) is 5. The zero-order chi connectivity index (χ0) is 23.8. The molecule has 0 fully saturated rings. The van der Waals surface area contributed by atoms with Gasteiger partial charge in [0.1, 0.15) is 11.5 Å². The Morgan fingerprint density at radius 1 is 1.06 bits per heavy atom. The number of carbonyl (C=O) groups is 1. The molecule has 1 atom stereocenters. The highest BCUT2D eigenvalue weighted by molar-refractivity contribution is 7.90. The van der Waals surface area contributed by atoms with Gasteiger partial charge in [-0.2, -0.15) is 18.3 Å². The molecule has 0 amide bonds. The molecule has 0 spiro atoms. The number of carbonyl (C=O) groups excluding carboxylic acids is 1. The van der Waals surface area contributed by atoms with E-state index < -0.39 is 45.1 Å². The molecule has 0 saturated carbocycles. The molecule has 170 valence electrons. The lowest BCUT2D eigenvalue weighted by Gasteiger charge is -2.21. The van der Waals surface area contributed by atoms with Crippen LogP contribution in [0.2, 0.25) is 0 Å². The predicted octanol–water partition coefficient (Wildman–Crippen LogP) is 3.48. The third-order valence-electron chi connectivity index (χ3n) is 4.82. The van der Waals surface area contributed by atoms with Crippen LogP contribution >= 0.6 is 0 Å². The van der Waals surface area contributed by atoms with E-state index in [0.29, 0.717) is 4.68 Å². The van der Waals surface area contributed by atoms with E-state index in [9.17, 15) is 35.9 Å². The molecule has 1 heterocycles. The molecule has 1 unspecified atom stereocenters. The molecule has 0 bridgehead atoms. The summed E-state index contributed by atoms with van der Waals surface area (Å²) >= 11 is 0. The van der Waals surface area contributed by atoms with E-state index in [1.54, 1.807) is 0 Å². The van der Waals surface area contributed by atoms with Gasteiger partial charge in [-0.1, -0.05) is 31.2 Å². The Labute approximate surface area is 181 Å². The van der Waals surface area contributed by atoms with E-state index in [2.05, 4.69) is 5.10 Å². The second-order valence-electron chi connectivity index (χ2n) is 7.06. The summed E-state index contributed by atoms with van der Waals surface area (Å²) in [6.07, 6.45) is -4.26. The van der Waals surface area contributed by atoms with Crippen LogP contribution in [0.4, 0.5) is 17.6 Å². The lowest BCUT2D eigenvalue weighted by atomic mass is 9.98. The summed E-state index contributed by atoms with van der Waals surface area (Å²) in [5, 5.41) is 15.5. The van der Waals surface area contributed by atoms with Gasteiger partial charge in [0, 0.05) is 17.4 Å². The van der Waals surface area contributed by atoms with E-state index in [1.165, 1.54) is 31.2 Å².